The number of amides is 1. The third kappa shape index (κ3) is 4.85. The van der Waals surface area contributed by atoms with E-state index in [0.717, 1.165) is 11.1 Å². The summed E-state index contributed by atoms with van der Waals surface area (Å²) in [6.07, 6.45) is 3.39. The number of pyridine rings is 1. The maximum atomic E-state index is 13.9. The summed E-state index contributed by atoms with van der Waals surface area (Å²) in [7, 11) is 0. The van der Waals surface area contributed by atoms with Gasteiger partial charge < -0.3 is 14.8 Å². The van der Waals surface area contributed by atoms with Gasteiger partial charge in [0.25, 0.3) is 5.91 Å². The molecule has 1 aromatic heterocycles. The van der Waals surface area contributed by atoms with Crippen LogP contribution in [0.1, 0.15) is 28.4 Å². The molecule has 0 aliphatic rings. The van der Waals surface area contributed by atoms with Crippen molar-refractivity contribution in [3.8, 4) is 11.5 Å². The summed E-state index contributed by atoms with van der Waals surface area (Å²) in [6.45, 7) is 4.45. The van der Waals surface area contributed by atoms with Gasteiger partial charge in [-0.1, -0.05) is 6.07 Å². The molecule has 6 heteroatoms. The topological polar surface area (TPSA) is 60.5 Å². The van der Waals surface area contributed by atoms with E-state index in [2.05, 4.69) is 10.3 Å². The molecule has 0 saturated heterocycles. The third-order valence-electron chi connectivity index (χ3n) is 4.02. The number of halogens is 1. The highest BCUT2D eigenvalue weighted by Crippen LogP contribution is 2.30. The lowest BCUT2D eigenvalue weighted by atomic mass is 10.1. The summed E-state index contributed by atoms with van der Waals surface area (Å²) in [5, 5.41) is 2.60. The Hall–Kier alpha value is -3.41. The van der Waals surface area contributed by atoms with Crippen LogP contribution in [0.25, 0.3) is 0 Å². The normalized spacial score (nSPS) is 10.4. The summed E-state index contributed by atoms with van der Waals surface area (Å²) in [5.74, 6) is 0.0679. The van der Waals surface area contributed by atoms with Gasteiger partial charge in [0.05, 0.1) is 12.3 Å². The largest absolute Gasteiger partial charge is 0.490 e. The lowest BCUT2D eigenvalue weighted by Gasteiger charge is -2.14. The molecule has 0 unspecified atom stereocenters. The molecule has 144 valence electrons. The number of nitrogens with zero attached hydrogens (tertiary/aromatic N) is 1. The SMILES string of the molecule is CCOc1cc(C(=O)Nc2cc(C)ccc2F)ccc1OCc1ccncc1. The minimum absolute atomic E-state index is 0.140. The fourth-order valence-electron chi connectivity index (χ4n) is 2.61. The average Bonchev–Trinajstić information content (AvgIpc) is 2.70. The van der Waals surface area contributed by atoms with Crippen LogP contribution in [-0.4, -0.2) is 17.5 Å². The number of aryl methyl sites for hydroxylation is 1. The number of benzene rings is 2. The van der Waals surface area contributed by atoms with Crippen LogP contribution in [0.5, 0.6) is 11.5 Å². The number of carbonyl (C=O) groups is 1. The molecule has 1 amide bonds. The molecule has 1 heterocycles. The van der Waals surface area contributed by atoms with Crippen LogP contribution in [0.3, 0.4) is 0 Å². The highest BCUT2D eigenvalue weighted by Gasteiger charge is 2.14. The Bertz CT molecular complexity index is 961. The van der Waals surface area contributed by atoms with Crippen molar-refractivity contribution in [2.45, 2.75) is 20.5 Å². The second kappa shape index (κ2) is 8.99. The van der Waals surface area contributed by atoms with Gasteiger partial charge in [-0.15, -0.1) is 0 Å². The number of carbonyl (C=O) groups excluding carboxylic acids is 1. The number of aromatic nitrogens is 1. The Morgan fingerprint density at radius 2 is 1.82 bits per heavy atom. The molecule has 0 spiro atoms. The minimum atomic E-state index is -0.485. The second-order valence-corrected chi connectivity index (χ2v) is 6.18. The van der Waals surface area contributed by atoms with Gasteiger partial charge in [-0.05, 0) is 67.4 Å². The zero-order chi connectivity index (χ0) is 19.9. The van der Waals surface area contributed by atoms with E-state index in [9.17, 15) is 9.18 Å². The maximum absolute atomic E-state index is 13.9. The molecule has 3 rings (SSSR count). The van der Waals surface area contributed by atoms with Crippen LogP contribution < -0.4 is 14.8 Å². The van der Waals surface area contributed by atoms with Crippen LogP contribution >= 0.6 is 0 Å². The van der Waals surface area contributed by atoms with Crippen LogP contribution in [0, 0.1) is 12.7 Å². The lowest BCUT2D eigenvalue weighted by Crippen LogP contribution is -2.13. The molecule has 0 aliphatic carbocycles. The first-order chi connectivity index (χ1) is 13.6. The fraction of sp³-hybridized carbons (Fsp3) is 0.182. The molecule has 28 heavy (non-hydrogen) atoms. The van der Waals surface area contributed by atoms with Gasteiger partial charge in [0, 0.05) is 18.0 Å². The van der Waals surface area contributed by atoms with E-state index >= 15 is 0 Å². The van der Waals surface area contributed by atoms with Gasteiger partial charge in [-0.3, -0.25) is 9.78 Å². The standard InChI is InChI=1S/C22H21FN2O3/c1-3-27-21-13-17(22(26)25-19-12-15(2)4-6-18(19)23)5-7-20(21)28-14-16-8-10-24-11-9-16/h4-13H,3,14H2,1-2H3,(H,25,26). The van der Waals surface area contributed by atoms with E-state index in [-0.39, 0.29) is 5.69 Å². The van der Waals surface area contributed by atoms with Crippen LogP contribution in [0.2, 0.25) is 0 Å². The summed E-state index contributed by atoms with van der Waals surface area (Å²) >= 11 is 0. The molecule has 3 aromatic rings. The number of anilines is 1. The van der Waals surface area contributed by atoms with Crippen molar-refractivity contribution >= 4 is 11.6 Å². The highest BCUT2D eigenvalue weighted by molar-refractivity contribution is 6.04. The third-order valence-corrected chi connectivity index (χ3v) is 4.02. The summed E-state index contributed by atoms with van der Waals surface area (Å²) in [6, 6.07) is 13.2. The molecular formula is C22H21FN2O3. The highest BCUT2D eigenvalue weighted by atomic mass is 19.1. The number of ether oxygens (including phenoxy) is 2. The van der Waals surface area contributed by atoms with Crippen molar-refractivity contribution in [3.63, 3.8) is 0 Å². The fourth-order valence-corrected chi connectivity index (χ4v) is 2.61. The Kier molecular flexibility index (Phi) is 6.22. The molecule has 0 saturated carbocycles. The van der Waals surface area contributed by atoms with Gasteiger partial charge in [0.15, 0.2) is 11.5 Å². The molecule has 2 aromatic carbocycles. The molecule has 0 radical (unpaired) electrons. The van der Waals surface area contributed by atoms with Gasteiger partial charge in [0.2, 0.25) is 0 Å². The Morgan fingerprint density at radius 3 is 2.57 bits per heavy atom. The maximum Gasteiger partial charge on any atom is 0.255 e. The molecule has 1 N–H and O–H groups in total. The van der Waals surface area contributed by atoms with Crippen LogP contribution in [-0.2, 0) is 6.61 Å². The van der Waals surface area contributed by atoms with Crippen molar-refractivity contribution in [1.29, 1.82) is 0 Å². The van der Waals surface area contributed by atoms with Crippen molar-refractivity contribution in [2.75, 3.05) is 11.9 Å². The predicted molar refractivity (Wildman–Crippen MR) is 105 cm³/mol. The summed E-state index contributed by atoms with van der Waals surface area (Å²) in [5.41, 5.74) is 2.31. The first kappa shape index (κ1) is 19.4. The van der Waals surface area contributed by atoms with E-state index in [1.807, 2.05) is 26.0 Å². The predicted octanol–water partition coefficient (Wildman–Crippen LogP) is 4.76. The zero-order valence-electron chi connectivity index (χ0n) is 15.7. The number of nitrogens with one attached hydrogen (secondary N) is 1. The molecule has 0 fully saturated rings. The second-order valence-electron chi connectivity index (χ2n) is 6.18. The van der Waals surface area contributed by atoms with Crippen molar-refractivity contribution in [3.05, 3.63) is 83.4 Å². The van der Waals surface area contributed by atoms with Gasteiger partial charge in [-0.25, -0.2) is 4.39 Å². The average molecular weight is 380 g/mol. The smallest absolute Gasteiger partial charge is 0.255 e. The molecular weight excluding hydrogens is 359 g/mol. The van der Waals surface area contributed by atoms with Crippen LogP contribution in [0.4, 0.5) is 10.1 Å². The van der Waals surface area contributed by atoms with Gasteiger partial charge in [-0.2, -0.15) is 0 Å². The van der Waals surface area contributed by atoms with Gasteiger partial charge in [0.1, 0.15) is 12.4 Å². The zero-order valence-corrected chi connectivity index (χ0v) is 15.7. The van der Waals surface area contributed by atoms with Crippen LogP contribution in [0.15, 0.2) is 60.9 Å². The molecule has 5 nitrogen and oxygen atoms in total. The minimum Gasteiger partial charge on any atom is -0.490 e. The van der Waals surface area contributed by atoms with E-state index in [1.54, 1.807) is 42.7 Å². The molecule has 0 atom stereocenters. The first-order valence-corrected chi connectivity index (χ1v) is 8.93. The number of rotatable bonds is 7. The number of hydrogen-bond acceptors (Lipinski definition) is 4. The Balaban J connectivity index is 1.77. The van der Waals surface area contributed by atoms with E-state index in [1.165, 1.54) is 6.07 Å². The lowest BCUT2D eigenvalue weighted by molar-refractivity contribution is 0.102. The quantitative estimate of drug-likeness (QED) is 0.642. The summed E-state index contributed by atoms with van der Waals surface area (Å²) in [4.78, 5) is 16.5. The van der Waals surface area contributed by atoms with Crippen molar-refractivity contribution < 1.29 is 18.7 Å². The van der Waals surface area contributed by atoms with Crippen molar-refractivity contribution in [2.24, 2.45) is 0 Å². The van der Waals surface area contributed by atoms with Crippen molar-refractivity contribution in [1.82, 2.24) is 4.98 Å². The Labute approximate surface area is 163 Å². The Morgan fingerprint density at radius 1 is 1.04 bits per heavy atom. The first-order valence-electron chi connectivity index (χ1n) is 8.93. The van der Waals surface area contributed by atoms with E-state index in [0.29, 0.717) is 30.3 Å². The molecule has 0 aliphatic heterocycles. The van der Waals surface area contributed by atoms with E-state index < -0.39 is 11.7 Å². The van der Waals surface area contributed by atoms with E-state index in [4.69, 9.17) is 9.47 Å². The molecule has 0 bridgehead atoms. The number of hydrogen-bond donors (Lipinski definition) is 1. The monoisotopic (exact) mass is 380 g/mol. The summed E-state index contributed by atoms with van der Waals surface area (Å²) < 4.78 is 25.3. The van der Waals surface area contributed by atoms with Gasteiger partial charge >= 0.3 is 0 Å².